The van der Waals surface area contributed by atoms with Crippen molar-refractivity contribution < 1.29 is 14.3 Å². The highest BCUT2D eigenvalue weighted by Gasteiger charge is 2.10. The molecule has 1 N–H and O–H groups in total. The second-order valence-corrected chi connectivity index (χ2v) is 5.31. The smallest absolute Gasteiger partial charge is 0.331 e. The monoisotopic (exact) mass is 371 g/mol. The molecule has 0 unspecified atom stereocenters. The van der Waals surface area contributed by atoms with E-state index in [0.717, 1.165) is 10.0 Å². The number of ether oxygens (including phenoxy) is 1. The standard InChI is InChI=1S/C15H15BrClNO3/c1-3-4-5-6-14(20)21-9-13(19)18-12-8-7-11(16)15(17)10(12)2/h3-8H,9H2,1-2H3,(H,18,19)/b4-3+,6-5+. The molecule has 0 bridgehead atoms. The van der Waals surface area contributed by atoms with Crippen LogP contribution in [-0.4, -0.2) is 18.5 Å². The number of esters is 1. The Morgan fingerprint density at radius 2 is 2.10 bits per heavy atom. The summed E-state index contributed by atoms with van der Waals surface area (Å²) in [6, 6.07) is 3.45. The first-order valence-electron chi connectivity index (χ1n) is 6.16. The molecule has 0 saturated heterocycles. The van der Waals surface area contributed by atoms with Crippen molar-refractivity contribution in [3.05, 3.63) is 51.5 Å². The Hall–Kier alpha value is -1.59. The summed E-state index contributed by atoms with van der Waals surface area (Å²) < 4.78 is 5.55. The third kappa shape index (κ3) is 5.73. The van der Waals surface area contributed by atoms with Gasteiger partial charge in [0.15, 0.2) is 6.61 Å². The lowest BCUT2D eigenvalue weighted by Gasteiger charge is -2.10. The zero-order valence-corrected chi connectivity index (χ0v) is 14.0. The third-order valence-electron chi connectivity index (χ3n) is 2.49. The molecule has 0 aliphatic heterocycles. The molecule has 0 aliphatic rings. The molecule has 0 saturated carbocycles. The van der Waals surface area contributed by atoms with Crippen LogP contribution in [-0.2, 0) is 14.3 Å². The number of allylic oxidation sites excluding steroid dienone is 3. The fraction of sp³-hybridized carbons (Fsp3) is 0.200. The van der Waals surface area contributed by atoms with Gasteiger partial charge in [-0.1, -0.05) is 29.8 Å². The van der Waals surface area contributed by atoms with Crippen LogP contribution in [0, 0.1) is 6.92 Å². The SMILES string of the molecule is C/C=C/C=C/C(=O)OCC(=O)Nc1ccc(Br)c(Cl)c1C. The summed E-state index contributed by atoms with van der Waals surface area (Å²) in [5, 5.41) is 3.17. The molecule has 6 heteroatoms. The largest absolute Gasteiger partial charge is 0.452 e. The highest BCUT2D eigenvalue weighted by molar-refractivity contribution is 9.10. The molecule has 0 fully saturated rings. The number of anilines is 1. The van der Waals surface area contributed by atoms with Gasteiger partial charge >= 0.3 is 5.97 Å². The molecule has 1 rings (SSSR count). The fourth-order valence-electron chi connectivity index (χ4n) is 1.40. The Morgan fingerprint density at radius 3 is 2.76 bits per heavy atom. The van der Waals surface area contributed by atoms with Crippen molar-refractivity contribution >= 4 is 45.1 Å². The first-order chi connectivity index (χ1) is 9.95. The second kappa shape index (κ2) is 8.64. The van der Waals surface area contributed by atoms with Crippen molar-refractivity contribution in [1.82, 2.24) is 0 Å². The van der Waals surface area contributed by atoms with E-state index in [-0.39, 0.29) is 6.61 Å². The van der Waals surface area contributed by atoms with Crippen LogP contribution in [0.3, 0.4) is 0 Å². The molecule has 0 aliphatic carbocycles. The van der Waals surface area contributed by atoms with E-state index >= 15 is 0 Å². The average molecular weight is 373 g/mol. The van der Waals surface area contributed by atoms with Gasteiger partial charge in [0.2, 0.25) is 0 Å². The number of amides is 1. The summed E-state index contributed by atoms with van der Waals surface area (Å²) in [4.78, 5) is 23.0. The van der Waals surface area contributed by atoms with Crippen LogP contribution < -0.4 is 5.32 Å². The van der Waals surface area contributed by atoms with Crippen LogP contribution in [0.4, 0.5) is 5.69 Å². The molecule has 0 atom stereocenters. The molecule has 1 aromatic rings. The molecule has 21 heavy (non-hydrogen) atoms. The molecule has 0 aromatic heterocycles. The van der Waals surface area contributed by atoms with Crippen LogP contribution in [0.15, 0.2) is 40.9 Å². The van der Waals surface area contributed by atoms with Crippen molar-refractivity contribution in [3.63, 3.8) is 0 Å². The van der Waals surface area contributed by atoms with Gasteiger partial charge in [-0.25, -0.2) is 4.79 Å². The second-order valence-electron chi connectivity index (χ2n) is 4.07. The maximum Gasteiger partial charge on any atom is 0.331 e. The summed E-state index contributed by atoms with van der Waals surface area (Å²) >= 11 is 9.36. The van der Waals surface area contributed by atoms with E-state index in [0.29, 0.717) is 10.7 Å². The number of hydrogen-bond donors (Lipinski definition) is 1. The van der Waals surface area contributed by atoms with E-state index in [1.165, 1.54) is 6.08 Å². The quantitative estimate of drug-likeness (QED) is 0.482. The highest BCUT2D eigenvalue weighted by Crippen LogP contribution is 2.30. The topological polar surface area (TPSA) is 55.4 Å². The molecule has 1 aromatic carbocycles. The van der Waals surface area contributed by atoms with Gasteiger partial charge in [0.25, 0.3) is 5.91 Å². The fourth-order valence-corrected chi connectivity index (χ4v) is 2.00. The minimum Gasteiger partial charge on any atom is -0.452 e. The van der Waals surface area contributed by atoms with Gasteiger partial charge in [-0.05, 0) is 47.5 Å². The lowest BCUT2D eigenvalue weighted by Crippen LogP contribution is -2.20. The van der Waals surface area contributed by atoms with Crippen molar-refractivity contribution in [2.45, 2.75) is 13.8 Å². The number of carbonyl (C=O) groups is 2. The molecule has 4 nitrogen and oxygen atoms in total. The number of hydrogen-bond acceptors (Lipinski definition) is 3. The summed E-state index contributed by atoms with van der Waals surface area (Å²) in [6.45, 7) is 3.26. The molecular formula is C15H15BrClNO3. The number of benzene rings is 1. The van der Waals surface area contributed by atoms with Crippen molar-refractivity contribution in [1.29, 1.82) is 0 Å². The lowest BCUT2D eigenvalue weighted by atomic mass is 10.2. The maximum absolute atomic E-state index is 11.7. The molecule has 112 valence electrons. The van der Waals surface area contributed by atoms with Gasteiger partial charge in [-0.3, -0.25) is 4.79 Å². The number of carbonyl (C=O) groups excluding carboxylic acids is 2. The lowest BCUT2D eigenvalue weighted by molar-refractivity contribution is -0.142. The summed E-state index contributed by atoms with van der Waals surface area (Å²) in [6.07, 6.45) is 6.25. The van der Waals surface area contributed by atoms with E-state index in [2.05, 4.69) is 21.2 Å². The van der Waals surface area contributed by atoms with E-state index < -0.39 is 11.9 Å². The van der Waals surface area contributed by atoms with E-state index in [1.807, 2.05) is 6.92 Å². The Morgan fingerprint density at radius 1 is 1.38 bits per heavy atom. The first-order valence-corrected chi connectivity index (χ1v) is 7.33. The zero-order chi connectivity index (χ0) is 15.8. The Balaban J connectivity index is 2.55. The van der Waals surface area contributed by atoms with Crippen LogP contribution in [0.25, 0.3) is 0 Å². The van der Waals surface area contributed by atoms with Crippen LogP contribution in [0.5, 0.6) is 0 Å². The van der Waals surface area contributed by atoms with Gasteiger partial charge in [0.05, 0.1) is 5.02 Å². The van der Waals surface area contributed by atoms with E-state index in [4.69, 9.17) is 16.3 Å². The molecule has 0 heterocycles. The van der Waals surface area contributed by atoms with Gasteiger partial charge in [-0.15, -0.1) is 0 Å². The van der Waals surface area contributed by atoms with Gasteiger partial charge in [-0.2, -0.15) is 0 Å². The minimum absolute atomic E-state index is 0.355. The van der Waals surface area contributed by atoms with Crippen molar-refractivity contribution in [2.24, 2.45) is 0 Å². The highest BCUT2D eigenvalue weighted by atomic mass is 79.9. The Bertz CT molecular complexity index is 597. The predicted molar refractivity (Wildman–Crippen MR) is 87.4 cm³/mol. The zero-order valence-electron chi connectivity index (χ0n) is 11.7. The first kappa shape index (κ1) is 17.5. The van der Waals surface area contributed by atoms with Crippen LogP contribution in [0.2, 0.25) is 5.02 Å². The van der Waals surface area contributed by atoms with Gasteiger partial charge < -0.3 is 10.1 Å². The number of rotatable bonds is 5. The third-order valence-corrected chi connectivity index (χ3v) is 3.87. The number of halogens is 2. The molecule has 0 radical (unpaired) electrons. The van der Waals surface area contributed by atoms with Gasteiger partial charge in [0.1, 0.15) is 0 Å². The van der Waals surface area contributed by atoms with Crippen molar-refractivity contribution in [3.8, 4) is 0 Å². The van der Waals surface area contributed by atoms with Crippen LogP contribution >= 0.6 is 27.5 Å². The average Bonchev–Trinajstić information content (AvgIpc) is 2.46. The normalized spacial score (nSPS) is 11.0. The summed E-state index contributed by atoms with van der Waals surface area (Å²) in [7, 11) is 0. The molecule has 0 spiro atoms. The number of nitrogens with one attached hydrogen (secondary N) is 1. The van der Waals surface area contributed by atoms with Crippen molar-refractivity contribution in [2.75, 3.05) is 11.9 Å². The summed E-state index contributed by atoms with van der Waals surface area (Å²) in [5.41, 5.74) is 1.31. The van der Waals surface area contributed by atoms with Crippen LogP contribution in [0.1, 0.15) is 12.5 Å². The maximum atomic E-state index is 11.7. The molecular weight excluding hydrogens is 358 g/mol. The summed E-state index contributed by atoms with van der Waals surface area (Å²) in [5.74, 6) is -1.00. The minimum atomic E-state index is -0.575. The predicted octanol–water partition coefficient (Wildman–Crippen LogP) is 4.02. The molecule has 1 amide bonds. The van der Waals surface area contributed by atoms with Gasteiger partial charge in [0, 0.05) is 16.2 Å². The Kier molecular flexibility index (Phi) is 7.19. The van der Waals surface area contributed by atoms with E-state index in [9.17, 15) is 9.59 Å². The van der Waals surface area contributed by atoms with E-state index in [1.54, 1.807) is 37.3 Å². The Labute approximate surface area is 136 Å².